The number of hydrogen-bond acceptors (Lipinski definition) is 6. The average Bonchev–Trinajstić information content (AvgIpc) is 3.10. The summed E-state index contributed by atoms with van der Waals surface area (Å²) in [5.74, 6) is -2.10. The van der Waals surface area contributed by atoms with Crippen LogP contribution in [0.3, 0.4) is 0 Å². The lowest BCUT2D eigenvalue weighted by molar-refractivity contribution is -0.140. The van der Waals surface area contributed by atoms with Crippen molar-refractivity contribution in [3.63, 3.8) is 0 Å². The van der Waals surface area contributed by atoms with Gasteiger partial charge in [-0.15, -0.1) is 0 Å². The summed E-state index contributed by atoms with van der Waals surface area (Å²) in [7, 11) is 3.86. The minimum atomic E-state index is -0.727. The number of hydrogen-bond donors (Lipinski definition) is 1. The van der Waals surface area contributed by atoms with Gasteiger partial charge in [-0.25, -0.2) is 4.39 Å². The van der Waals surface area contributed by atoms with Gasteiger partial charge in [0, 0.05) is 51.5 Å². The zero-order valence-corrected chi connectivity index (χ0v) is 19.5. The normalized spacial score (nSPS) is 20.7. The molecule has 2 aromatic carbocycles. The molecule has 2 heterocycles. The molecule has 180 valence electrons. The second-order valence-electron chi connectivity index (χ2n) is 8.79. The first-order valence-electron chi connectivity index (χ1n) is 11.5. The van der Waals surface area contributed by atoms with Crippen LogP contribution in [0.4, 0.5) is 10.1 Å². The fourth-order valence-electron chi connectivity index (χ4n) is 4.46. The molecule has 2 aromatic rings. The molecule has 2 fully saturated rings. The summed E-state index contributed by atoms with van der Waals surface area (Å²) in [6.07, 6.45) is 0.690. The molecule has 2 saturated heterocycles. The number of carbonyl (C=O) groups excluding carboxylic acids is 2. The molecule has 8 heteroatoms. The highest BCUT2D eigenvalue weighted by Gasteiger charge is 2.45. The predicted molar refractivity (Wildman–Crippen MR) is 128 cm³/mol. The van der Waals surface area contributed by atoms with Gasteiger partial charge in [-0.05, 0) is 48.4 Å². The molecule has 0 radical (unpaired) electrons. The fraction of sp³-hybridized carbons (Fsp3) is 0.385. The monoisotopic (exact) mass is 467 g/mol. The molecule has 2 aliphatic heterocycles. The smallest absolute Gasteiger partial charge is 0.295 e. The molecule has 2 aliphatic rings. The number of halogens is 1. The number of benzene rings is 2. The molecule has 34 heavy (non-hydrogen) atoms. The van der Waals surface area contributed by atoms with Gasteiger partial charge < -0.3 is 19.6 Å². The molecule has 1 atom stereocenters. The second kappa shape index (κ2) is 10.4. The van der Waals surface area contributed by atoms with Crippen LogP contribution in [0, 0.1) is 5.82 Å². The molecule has 0 aliphatic carbocycles. The number of likely N-dealkylation sites (tertiary alicyclic amines) is 1. The number of ether oxygens (including phenoxy) is 1. The number of aliphatic hydroxyl groups is 1. The summed E-state index contributed by atoms with van der Waals surface area (Å²) in [5.41, 5.74) is 2.04. The number of amides is 1. The van der Waals surface area contributed by atoms with E-state index in [1.807, 2.05) is 43.3 Å². The zero-order valence-electron chi connectivity index (χ0n) is 19.5. The maximum atomic E-state index is 13.4. The third-order valence-corrected chi connectivity index (χ3v) is 6.36. The van der Waals surface area contributed by atoms with Gasteiger partial charge >= 0.3 is 0 Å². The highest BCUT2D eigenvalue weighted by atomic mass is 19.1. The third-order valence-electron chi connectivity index (χ3n) is 6.36. The van der Waals surface area contributed by atoms with Crippen molar-refractivity contribution in [3.05, 3.63) is 71.0 Å². The first-order chi connectivity index (χ1) is 16.4. The third kappa shape index (κ3) is 4.98. The Kier molecular flexibility index (Phi) is 7.29. The van der Waals surface area contributed by atoms with Crippen LogP contribution in [0.1, 0.15) is 23.6 Å². The van der Waals surface area contributed by atoms with Gasteiger partial charge in [0.15, 0.2) is 0 Å². The standard InChI is InChI=1S/C26H30FN3O4/c1-28(2)21-10-6-18(7-11-21)23-22(24(31)19-4-8-20(27)9-5-19)25(32)26(33)30(23)13-3-12-29-14-16-34-17-15-29/h4-11,23,31H,3,12-17H2,1-2H3. The molecular weight excluding hydrogens is 437 g/mol. The van der Waals surface area contributed by atoms with Crippen molar-refractivity contribution in [3.8, 4) is 0 Å². The molecule has 0 aromatic heterocycles. The van der Waals surface area contributed by atoms with Gasteiger partial charge in [0.25, 0.3) is 11.7 Å². The Morgan fingerprint density at radius 3 is 2.29 bits per heavy atom. The van der Waals surface area contributed by atoms with Gasteiger partial charge in [0.2, 0.25) is 0 Å². The molecule has 0 spiro atoms. The molecular formula is C26H30FN3O4. The number of nitrogens with zero attached hydrogens (tertiary/aromatic N) is 3. The van der Waals surface area contributed by atoms with E-state index in [4.69, 9.17) is 4.74 Å². The first kappa shape index (κ1) is 23.9. The van der Waals surface area contributed by atoms with Gasteiger partial charge in [-0.3, -0.25) is 14.5 Å². The van der Waals surface area contributed by atoms with Crippen molar-refractivity contribution in [2.75, 3.05) is 58.4 Å². The maximum absolute atomic E-state index is 13.4. The molecule has 7 nitrogen and oxygen atoms in total. The lowest BCUT2D eigenvalue weighted by Gasteiger charge is -2.29. The Morgan fingerprint density at radius 2 is 1.68 bits per heavy atom. The van der Waals surface area contributed by atoms with Crippen LogP contribution in [0.2, 0.25) is 0 Å². The molecule has 0 saturated carbocycles. The van der Waals surface area contributed by atoms with Crippen LogP contribution >= 0.6 is 0 Å². The van der Waals surface area contributed by atoms with E-state index in [-0.39, 0.29) is 11.3 Å². The van der Waals surface area contributed by atoms with E-state index < -0.39 is 23.5 Å². The van der Waals surface area contributed by atoms with Gasteiger partial charge in [0.1, 0.15) is 11.6 Å². The average molecular weight is 468 g/mol. The molecule has 4 rings (SSSR count). The van der Waals surface area contributed by atoms with E-state index in [0.717, 1.165) is 30.9 Å². The largest absolute Gasteiger partial charge is 0.507 e. The number of rotatable bonds is 7. The Morgan fingerprint density at radius 1 is 1.03 bits per heavy atom. The quantitative estimate of drug-likeness (QED) is 0.383. The van der Waals surface area contributed by atoms with Crippen molar-refractivity contribution in [2.45, 2.75) is 12.5 Å². The Bertz CT molecular complexity index is 1060. The van der Waals surface area contributed by atoms with Crippen LogP contribution in [0.5, 0.6) is 0 Å². The lowest BCUT2D eigenvalue weighted by atomic mass is 9.95. The summed E-state index contributed by atoms with van der Waals surface area (Å²) in [6, 6.07) is 12.1. The number of carbonyl (C=O) groups is 2. The van der Waals surface area contributed by atoms with E-state index >= 15 is 0 Å². The van der Waals surface area contributed by atoms with E-state index in [0.29, 0.717) is 31.7 Å². The Hall–Kier alpha value is -3.23. The fourth-order valence-corrected chi connectivity index (χ4v) is 4.46. The first-order valence-corrected chi connectivity index (χ1v) is 11.5. The summed E-state index contributed by atoms with van der Waals surface area (Å²) in [6.45, 7) is 4.25. The van der Waals surface area contributed by atoms with Crippen molar-refractivity contribution < 1.29 is 23.8 Å². The van der Waals surface area contributed by atoms with E-state index in [2.05, 4.69) is 4.90 Å². The van der Waals surface area contributed by atoms with Crippen LogP contribution in [-0.4, -0.2) is 80.1 Å². The molecule has 1 unspecified atom stereocenters. The van der Waals surface area contributed by atoms with Crippen molar-refractivity contribution >= 4 is 23.1 Å². The van der Waals surface area contributed by atoms with Crippen LogP contribution < -0.4 is 4.90 Å². The van der Waals surface area contributed by atoms with E-state index in [1.165, 1.54) is 24.3 Å². The second-order valence-corrected chi connectivity index (χ2v) is 8.79. The minimum Gasteiger partial charge on any atom is -0.507 e. The summed E-state index contributed by atoms with van der Waals surface area (Å²) >= 11 is 0. The van der Waals surface area contributed by atoms with E-state index in [9.17, 15) is 19.1 Å². The number of aliphatic hydroxyl groups excluding tert-OH is 1. The van der Waals surface area contributed by atoms with Crippen molar-refractivity contribution in [1.82, 2.24) is 9.80 Å². The maximum Gasteiger partial charge on any atom is 0.295 e. The van der Waals surface area contributed by atoms with Crippen LogP contribution in [-0.2, 0) is 14.3 Å². The highest BCUT2D eigenvalue weighted by molar-refractivity contribution is 6.46. The van der Waals surface area contributed by atoms with Gasteiger partial charge in [-0.1, -0.05) is 12.1 Å². The number of morpholine rings is 1. The summed E-state index contributed by atoms with van der Waals surface area (Å²) in [4.78, 5) is 32.0. The topological polar surface area (TPSA) is 73.3 Å². The van der Waals surface area contributed by atoms with Gasteiger partial charge in [0.05, 0.1) is 24.8 Å². The number of anilines is 1. The highest BCUT2D eigenvalue weighted by Crippen LogP contribution is 2.39. The summed E-state index contributed by atoms with van der Waals surface area (Å²) < 4.78 is 18.8. The predicted octanol–water partition coefficient (Wildman–Crippen LogP) is 3.04. The van der Waals surface area contributed by atoms with Crippen molar-refractivity contribution in [1.29, 1.82) is 0 Å². The Balaban J connectivity index is 1.67. The SMILES string of the molecule is CN(C)c1ccc(C2C(=C(O)c3ccc(F)cc3)C(=O)C(=O)N2CCCN2CCOCC2)cc1. The van der Waals surface area contributed by atoms with Crippen LogP contribution in [0.25, 0.3) is 5.76 Å². The molecule has 1 amide bonds. The van der Waals surface area contributed by atoms with Gasteiger partial charge in [-0.2, -0.15) is 0 Å². The molecule has 0 bridgehead atoms. The number of Topliss-reactive ketones (excluding diaryl/α,β-unsaturated/α-hetero) is 1. The van der Waals surface area contributed by atoms with E-state index in [1.54, 1.807) is 4.90 Å². The summed E-state index contributed by atoms with van der Waals surface area (Å²) in [5, 5.41) is 11.0. The van der Waals surface area contributed by atoms with Crippen molar-refractivity contribution in [2.24, 2.45) is 0 Å². The lowest BCUT2D eigenvalue weighted by Crippen LogP contribution is -2.38. The molecule has 1 N–H and O–H groups in total. The minimum absolute atomic E-state index is 0.0283. The Labute approximate surface area is 199 Å². The van der Waals surface area contributed by atoms with Crippen LogP contribution in [0.15, 0.2) is 54.1 Å². The zero-order chi connectivity index (χ0) is 24.2. The number of ketones is 1.